The third kappa shape index (κ3) is 3.78. The fourth-order valence-electron chi connectivity index (χ4n) is 1.75. The Bertz CT molecular complexity index is 558. The number of carbonyl (C=O) groups excluding carboxylic acids is 1. The number of ether oxygens (including phenoxy) is 1. The highest BCUT2D eigenvalue weighted by atomic mass is 19.1. The van der Waals surface area contributed by atoms with Crippen LogP contribution in [-0.4, -0.2) is 24.3 Å². The Morgan fingerprint density at radius 1 is 1.25 bits per heavy atom. The number of pyridine rings is 1. The maximum atomic E-state index is 13.8. The predicted octanol–water partition coefficient (Wildman–Crippen LogP) is 2.36. The summed E-state index contributed by atoms with van der Waals surface area (Å²) in [5.41, 5.74) is 1.17. The zero-order valence-corrected chi connectivity index (χ0v) is 11.0. The van der Waals surface area contributed by atoms with Crippen LogP contribution in [0.4, 0.5) is 4.39 Å². The molecule has 0 spiro atoms. The van der Waals surface area contributed by atoms with E-state index in [-0.39, 0.29) is 6.42 Å². The van der Waals surface area contributed by atoms with Crippen molar-refractivity contribution in [1.29, 1.82) is 0 Å². The molecule has 0 fully saturated rings. The van der Waals surface area contributed by atoms with Gasteiger partial charge in [0.2, 0.25) is 0 Å². The van der Waals surface area contributed by atoms with Gasteiger partial charge in [-0.25, -0.2) is 4.39 Å². The van der Waals surface area contributed by atoms with Crippen LogP contribution in [0.3, 0.4) is 0 Å². The van der Waals surface area contributed by atoms with E-state index in [4.69, 9.17) is 4.74 Å². The van der Waals surface area contributed by atoms with Crippen LogP contribution in [-0.2, 0) is 6.42 Å². The Kier molecular flexibility index (Phi) is 4.65. The number of nitrogens with zero attached hydrogens (tertiary/aromatic N) is 1. The molecule has 1 aromatic carbocycles. The molecule has 1 heterocycles. The van der Waals surface area contributed by atoms with E-state index in [0.29, 0.717) is 11.3 Å². The maximum absolute atomic E-state index is 13.8. The van der Waals surface area contributed by atoms with Crippen molar-refractivity contribution >= 4 is 5.91 Å². The molecular weight excluding hydrogens is 259 g/mol. The van der Waals surface area contributed by atoms with Crippen molar-refractivity contribution in [2.45, 2.75) is 12.7 Å². The molecule has 0 bridgehead atoms. The molecule has 0 saturated carbocycles. The summed E-state index contributed by atoms with van der Waals surface area (Å²) in [5, 5.41) is 2.31. The van der Waals surface area contributed by atoms with Gasteiger partial charge < -0.3 is 10.1 Å². The van der Waals surface area contributed by atoms with Crippen molar-refractivity contribution in [2.75, 3.05) is 7.11 Å². The van der Waals surface area contributed by atoms with E-state index in [0.717, 1.165) is 5.56 Å². The molecule has 104 valence electrons. The lowest BCUT2D eigenvalue weighted by atomic mass is 10.1. The maximum Gasteiger partial charge on any atom is 0.253 e. The number of amides is 1. The van der Waals surface area contributed by atoms with Crippen LogP contribution in [0.2, 0.25) is 0 Å². The number of rotatable bonds is 5. The third-order valence-corrected chi connectivity index (χ3v) is 2.80. The minimum Gasteiger partial charge on any atom is -0.497 e. The summed E-state index contributed by atoms with van der Waals surface area (Å²) in [6.45, 7) is 0. The summed E-state index contributed by atoms with van der Waals surface area (Å²) in [4.78, 5) is 15.6. The van der Waals surface area contributed by atoms with Crippen molar-refractivity contribution in [3.63, 3.8) is 0 Å². The van der Waals surface area contributed by atoms with Crippen molar-refractivity contribution in [1.82, 2.24) is 10.3 Å². The van der Waals surface area contributed by atoms with Crippen LogP contribution >= 0.6 is 0 Å². The highest BCUT2D eigenvalue weighted by Gasteiger charge is 2.12. The normalized spacial score (nSPS) is 11.7. The zero-order valence-electron chi connectivity index (χ0n) is 11.0. The van der Waals surface area contributed by atoms with Gasteiger partial charge in [0.25, 0.3) is 5.91 Å². The molecule has 4 nitrogen and oxygen atoms in total. The van der Waals surface area contributed by atoms with Gasteiger partial charge in [-0.2, -0.15) is 0 Å². The van der Waals surface area contributed by atoms with Crippen molar-refractivity contribution < 1.29 is 13.9 Å². The molecule has 5 heteroatoms. The van der Waals surface area contributed by atoms with E-state index in [9.17, 15) is 9.18 Å². The summed E-state index contributed by atoms with van der Waals surface area (Å²) in [6.07, 6.45) is 1.65. The molecule has 20 heavy (non-hydrogen) atoms. The first kappa shape index (κ1) is 14.0. The fraction of sp³-hybridized carbons (Fsp3) is 0.200. The van der Waals surface area contributed by atoms with E-state index in [1.807, 2.05) is 0 Å². The average molecular weight is 274 g/mol. The van der Waals surface area contributed by atoms with Crippen LogP contribution < -0.4 is 10.1 Å². The van der Waals surface area contributed by atoms with Gasteiger partial charge in [-0.1, -0.05) is 12.1 Å². The monoisotopic (exact) mass is 274 g/mol. The second-order valence-electron chi connectivity index (χ2n) is 4.23. The lowest BCUT2D eigenvalue weighted by Gasteiger charge is -2.11. The van der Waals surface area contributed by atoms with Crippen LogP contribution in [0, 0.1) is 0 Å². The first-order valence-electron chi connectivity index (χ1n) is 6.17. The molecule has 1 amide bonds. The number of nitrogens with one attached hydrogen (secondary N) is 1. The van der Waals surface area contributed by atoms with Crippen LogP contribution in [0.25, 0.3) is 0 Å². The van der Waals surface area contributed by atoms with E-state index >= 15 is 0 Å². The van der Waals surface area contributed by atoms with Crippen molar-refractivity contribution in [3.8, 4) is 5.75 Å². The minimum atomic E-state index is -1.44. The number of hydrogen-bond donors (Lipinski definition) is 1. The molecule has 0 saturated heterocycles. The van der Waals surface area contributed by atoms with E-state index in [1.54, 1.807) is 31.4 Å². The molecule has 1 aromatic heterocycles. The summed E-state index contributed by atoms with van der Waals surface area (Å²) < 4.78 is 18.9. The Morgan fingerprint density at radius 2 is 1.90 bits per heavy atom. The van der Waals surface area contributed by atoms with Crippen LogP contribution in [0.1, 0.15) is 15.9 Å². The number of alkyl halides is 1. The summed E-state index contributed by atoms with van der Waals surface area (Å²) >= 11 is 0. The zero-order chi connectivity index (χ0) is 14.4. The molecule has 0 radical (unpaired) electrons. The van der Waals surface area contributed by atoms with Gasteiger partial charge in [-0.15, -0.1) is 0 Å². The van der Waals surface area contributed by atoms with Crippen LogP contribution in [0.5, 0.6) is 5.75 Å². The third-order valence-electron chi connectivity index (χ3n) is 2.80. The number of aromatic nitrogens is 1. The first-order valence-corrected chi connectivity index (χ1v) is 6.17. The van der Waals surface area contributed by atoms with Gasteiger partial charge in [-0.3, -0.25) is 9.78 Å². The number of benzene rings is 1. The molecule has 1 N–H and O–H groups in total. The number of hydrogen-bond acceptors (Lipinski definition) is 3. The van der Waals surface area contributed by atoms with Gasteiger partial charge in [0.15, 0.2) is 6.30 Å². The molecule has 2 rings (SSSR count). The van der Waals surface area contributed by atoms with E-state index in [2.05, 4.69) is 10.3 Å². The quantitative estimate of drug-likeness (QED) is 0.851. The van der Waals surface area contributed by atoms with Crippen molar-refractivity contribution in [2.24, 2.45) is 0 Å². The number of halogens is 1. The fourth-order valence-corrected chi connectivity index (χ4v) is 1.75. The van der Waals surface area contributed by atoms with Crippen molar-refractivity contribution in [3.05, 3.63) is 59.9 Å². The van der Waals surface area contributed by atoms with E-state index in [1.165, 1.54) is 24.5 Å². The number of carbonyl (C=O) groups is 1. The standard InChI is InChI=1S/C15H15FN2O2/c1-20-13-4-2-11(3-5-13)10-14(16)18-15(19)12-6-8-17-9-7-12/h2-9,14H,10H2,1H3,(H,18,19). The second kappa shape index (κ2) is 6.65. The largest absolute Gasteiger partial charge is 0.497 e. The van der Waals surface area contributed by atoms with E-state index < -0.39 is 12.2 Å². The Balaban J connectivity index is 1.91. The lowest BCUT2D eigenvalue weighted by Crippen LogP contribution is -2.33. The average Bonchev–Trinajstić information content (AvgIpc) is 2.49. The Hall–Kier alpha value is -2.43. The predicted molar refractivity (Wildman–Crippen MR) is 73.3 cm³/mol. The van der Waals surface area contributed by atoms with Gasteiger partial charge >= 0.3 is 0 Å². The molecule has 2 aromatic rings. The highest BCUT2D eigenvalue weighted by molar-refractivity contribution is 5.94. The van der Waals surface area contributed by atoms with Gasteiger partial charge in [0, 0.05) is 24.4 Å². The lowest BCUT2D eigenvalue weighted by molar-refractivity contribution is 0.0894. The Labute approximate surface area is 116 Å². The summed E-state index contributed by atoms with van der Waals surface area (Å²) in [7, 11) is 1.57. The summed E-state index contributed by atoms with van der Waals surface area (Å²) in [5.74, 6) is 0.262. The smallest absolute Gasteiger partial charge is 0.253 e. The van der Waals surface area contributed by atoms with Gasteiger partial charge in [0.05, 0.1) is 7.11 Å². The SMILES string of the molecule is COc1ccc(CC(F)NC(=O)c2ccncc2)cc1. The molecular formula is C15H15FN2O2. The Morgan fingerprint density at radius 3 is 2.50 bits per heavy atom. The first-order chi connectivity index (χ1) is 9.69. The molecule has 0 aliphatic carbocycles. The second-order valence-corrected chi connectivity index (χ2v) is 4.23. The van der Waals surface area contributed by atoms with Crippen LogP contribution in [0.15, 0.2) is 48.8 Å². The number of methoxy groups -OCH3 is 1. The van der Waals surface area contributed by atoms with Gasteiger partial charge in [0.1, 0.15) is 5.75 Å². The molecule has 1 unspecified atom stereocenters. The minimum absolute atomic E-state index is 0.112. The molecule has 0 aliphatic heterocycles. The molecule has 0 aliphatic rings. The topological polar surface area (TPSA) is 51.2 Å². The van der Waals surface area contributed by atoms with Gasteiger partial charge in [-0.05, 0) is 29.8 Å². The molecule has 1 atom stereocenters. The highest BCUT2D eigenvalue weighted by Crippen LogP contribution is 2.13. The summed E-state index contributed by atoms with van der Waals surface area (Å²) in [6, 6.07) is 10.1.